The van der Waals surface area contributed by atoms with E-state index in [1.807, 2.05) is 37.3 Å². The van der Waals surface area contributed by atoms with Crippen LogP contribution in [0.1, 0.15) is 30.5 Å². The fourth-order valence-corrected chi connectivity index (χ4v) is 2.91. The van der Waals surface area contributed by atoms with Crippen molar-refractivity contribution in [2.24, 2.45) is 12.0 Å². The van der Waals surface area contributed by atoms with Gasteiger partial charge in [-0.25, -0.2) is 9.98 Å². The van der Waals surface area contributed by atoms with E-state index in [1.54, 1.807) is 24.0 Å². The number of nitrogens with zero attached hydrogens (tertiary/aromatic N) is 5. The molecule has 3 N–H and O–H groups in total. The van der Waals surface area contributed by atoms with E-state index in [2.05, 4.69) is 50.0 Å². The van der Waals surface area contributed by atoms with E-state index < -0.39 is 5.60 Å². The van der Waals surface area contributed by atoms with E-state index in [9.17, 15) is 5.11 Å². The number of benzene rings is 1. The molecule has 9 heteroatoms. The number of halogens is 1. The lowest BCUT2D eigenvalue weighted by Gasteiger charge is -2.23. The van der Waals surface area contributed by atoms with E-state index in [4.69, 9.17) is 0 Å². The molecule has 1 aromatic carbocycles. The molecule has 0 aliphatic rings. The predicted molar refractivity (Wildman–Crippen MR) is 129 cm³/mol. The third-order valence-corrected chi connectivity index (χ3v) is 4.64. The molecule has 0 aliphatic carbocycles. The number of imidazole rings is 1. The van der Waals surface area contributed by atoms with Gasteiger partial charge in [0.25, 0.3) is 0 Å². The third kappa shape index (κ3) is 6.84. The van der Waals surface area contributed by atoms with Gasteiger partial charge in [-0.1, -0.05) is 24.3 Å². The molecule has 0 saturated heterocycles. The average Bonchev–Trinajstić information content (AvgIpc) is 3.37. The van der Waals surface area contributed by atoms with Crippen molar-refractivity contribution in [3.63, 3.8) is 0 Å². The van der Waals surface area contributed by atoms with Crippen LogP contribution in [-0.2, 0) is 25.7 Å². The minimum atomic E-state index is -1.04. The van der Waals surface area contributed by atoms with Crippen molar-refractivity contribution < 1.29 is 5.11 Å². The van der Waals surface area contributed by atoms with Gasteiger partial charge in [-0.05, 0) is 25.0 Å². The zero-order valence-electron chi connectivity index (χ0n) is 17.6. The molecule has 1 unspecified atom stereocenters. The molecule has 0 saturated carbocycles. The summed E-state index contributed by atoms with van der Waals surface area (Å²) in [5.41, 5.74) is 2.06. The summed E-state index contributed by atoms with van der Waals surface area (Å²) < 4.78 is 3.72. The first kappa shape index (κ1) is 23.9. The Labute approximate surface area is 194 Å². The van der Waals surface area contributed by atoms with Crippen LogP contribution < -0.4 is 10.6 Å². The monoisotopic (exact) mass is 523 g/mol. The molecule has 0 amide bonds. The van der Waals surface area contributed by atoms with Crippen molar-refractivity contribution in [3.8, 4) is 0 Å². The van der Waals surface area contributed by atoms with Gasteiger partial charge in [-0.3, -0.25) is 4.68 Å². The summed E-state index contributed by atoms with van der Waals surface area (Å²) in [6, 6.07) is 8.40. The van der Waals surface area contributed by atoms with Crippen LogP contribution >= 0.6 is 24.0 Å². The Morgan fingerprint density at radius 1 is 1.20 bits per heavy atom. The summed E-state index contributed by atoms with van der Waals surface area (Å²) >= 11 is 0. The van der Waals surface area contributed by atoms with Gasteiger partial charge in [0.15, 0.2) is 5.96 Å². The number of rotatable bonds is 8. The minimum absolute atomic E-state index is 0. The average molecular weight is 523 g/mol. The van der Waals surface area contributed by atoms with E-state index in [0.717, 1.165) is 24.2 Å². The lowest BCUT2D eigenvalue weighted by molar-refractivity contribution is 0.0616. The molecule has 0 aliphatic heterocycles. The van der Waals surface area contributed by atoms with Crippen LogP contribution in [-0.4, -0.2) is 43.5 Å². The van der Waals surface area contributed by atoms with Gasteiger partial charge in [0.05, 0.1) is 25.6 Å². The summed E-state index contributed by atoms with van der Waals surface area (Å²) in [5, 5.41) is 21.3. The molecule has 8 nitrogen and oxygen atoms in total. The van der Waals surface area contributed by atoms with Gasteiger partial charge in [0.2, 0.25) is 0 Å². The quantitative estimate of drug-likeness (QED) is 0.239. The fourth-order valence-electron chi connectivity index (χ4n) is 2.91. The molecular formula is C21H30IN7O. The number of guanidine groups is 1. The number of aliphatic imine (C=N–C) groups is 1. The Kier molecular flexibility index (Phi) is 8.85. The van der Waals surface area contributed by atoms with Crippen LogP contribution in [0.5, 0.6) is 0 Å². The number of hydrogen-bond acceptors (Lipinski definition) is 4. The molecule has 1 atom stereocenters. The van der Waals surface area contributed by atoms with Crippen molar-refractivity contribution in [1.29, 1.82) is 0 Å². The molecule has 2 aromatic heterocycles. The first-order valence-electron chi connectivity index (χ1n) is 9.73. The van der Waals surface area contributed by atoms with Gasteiger partial charge in [0, 0.05) is 44.3 Å². The molecule has 0 spiro atoms. The van der Waals surface area contributed by atoms with E-state index in [-0.39, 0.29) is 24.0 Å². The normalized spacial score (nSPS) is 13.4. The van der Waals surface area contributed by atoms with Crippen LogP contribution in [0.2, 0.25) is 0 Å². The molecule has 30 heavy (non-hydrogen) atoms. The highest BCUT2D eigenvalue weighted by molar-refractivity contribution is 14.0. The van der Waals surface area contributed by atoms with Crippen molar-refractivity contribution in [2.75, 3.05) is 13.1 Å². The second-order valence-electron chi connectivity index (χ2n) is 7.28. The Morgan fingerprint density at radius 3 is 2.53 bits per heavy atom. The molecule has 162 valence electrons. The largest absolute Gasteiger partial charge is 0.383 e. The second-order valence-corrected chi connectivity index (χ2v) is 7.28. The van der Waals surface area contributed by atoms with Crippen LogP contribution in [0.3, 0.4) is 0 Å². The molecule has 0 radical (unpaired) electrons. The molecular weight excluding hydrogens is 493 g/mol. The third-order valence-electron chi connectivity index (χ3n) is 4.64. The number of aliphatic hydroxyl groups is 1. The van der Waals surface area contributed by atoms with Crippen LogP contribution in [0.4, 0.5) is 0 Å². The Balaban J connectivity index is 0.00000320. The van der Waals surface area contributed by atoms with E-state index >= 15 is 0 Å². The first-order chi connectivity index (χ1) is 14.0. The van der Waals surface area contributed by atoms with Gasteiger partial charge in [-0.15, -0.1) is 24.0 Å². The van der Waals surface area contributed by atoms with Gasteiger partial charge in [0.1, 0.15) is 5.60 Å². The molecule has 0 fully saturated rings. The highest BCUT2D eigenvalue weighted by atomic mass is 127. The zero-order chi connectivity index (χ0) is 20.7. The zero-order valence-corrected chi connectivity index (χ0v) is 19.9. The van der Waals surface area contributed by atoms with Gasteiger partial charge < -0.3 is 20.3 Å². The number of hydrogen-bond donors (Lipinski definition) is 3. The summed E-state index contributed by atoms with van der Waals surface area (Å²) in [5.74, 6) is 0.666. The lowest BCUT2D eigenvalue weighted by atomic mass is 10.00. The Bertz CT molecular complexity index is 917. The van der Waals surface area contributed by atoms with Crippen molar-refractivity contribution in [3.05, 3.63) is 72.1 Å². The van der Waals surface area contributed by atoms with Gasteiger partial charge >= 0.3 is 0 Å². The minimum Gasteiger partial charge on any atom is -0.383 e. The summed E-state index contributed by atoms with van der Waals surface area (Å²) in [7, 11) is 1.83. The van der Waals surface area contributed by atoms with E-state index in [0.29, 0.717) is 19.0 Å². The van der Waals surface area contributed by atoms with Crippen LogP contribution in [0.15, 0.2) is 60.4 Å². The standard InChI is InChI=1S/C21H29N7O.HI/c1-4-23-20(25-15-21(2,29)19-12-26-27(3)14-19)24-11-17-5-7-18(8-6-17)13-28-10-9-22-16-28;/h5-10,12,14,16,29H,4,11,13,15H2,1-3H3,(H2,23,24,25);1H. The smallest absolute Gasteiger partial charge is 0.191 e. The maximum absolute atomic E-state index is 10.7. The number of aromatic nitrogens is 4. The van der Waals surface area contributed by atoms with Crippen molar-refractivity contribution in [1.82, 2.24) is 30.0 Å². The second kappa shape index (κ2) is 11.1. The summed E-state index contributed by atoms with van der Waals surface area (Å²) in [6.07, 6.45) is 9.04. The van der Waals surface area contributed by atoms with Crippen LogP contribution in [0, 0.1) is 0 Å². The maximum Gasteiger partial charge on any atom is 0.191 e. The predicted octanol–water partition coefficient (Wildman–Crippen LogP) is 2.25. The molecule has 0 bridgehead atoms. The lowest BCUT2D eigenvalue weighted by Crippen LogP contribution is -2.44. The number of aryl methyl sites for hydroxylation is 1. The number of nitrogens with one attached hydrogen (secondary N) is 2. The molecule has 3 rings (SSSR count). The van der Waals surface area contributed by atoms with Crippen LogP contribution in [0.25, 0.3) is 0 Å². The van der Waals surface area contributed by atoms with Gasteiger partial charge in [-0.2, -0.15) is 5.10 Å². The fraction of sp³-hybridized carbons (Fsp3) is 0.381. The highest BCUT2D eigenvalue weighted by Gasteiger charge is 2.24. The van der Waals surface area contributed by atoms with E-state index in [1.165, 1.54) is 5.56 Å². The Morgan fingerprint density at radius 2 is 1.93 bits per heavy atom. The van der Waals surface area contributed by atoms with Crippen molar-refractivity contribution >= 4 is 29.9 Å². The summed E-state index contributed by atoms with van der Waals surface area (Å²) in [4.78, 5) is 8.70. The van der Waals surface area contributed by atoms with Crippen molar-refractivity contribution in [2.45, 2.75) is 32.5 Å². The maximum atomic E-state index is 10.7. The highest BCUT2D eigenvalue weighted by Crippen LogP contribution is 2.18. The SMILES string of the molecule is CCNC(=NCc1ccc(Cn2ccnc2)cc1)NCC(C)(O)c1cnn(C)c1.I. The summed E-state index contributed by atoms with van der Waals surface area (Å²) in [6.45, 7) is 6.20. The Hall–Kier alpha value is -2.40. The molecule has 3 aromatic rings. The topological polar surface area (TPSA) is 92.3 Å². The first-order valence-corrected chi connectivity index (χ1v) is 9.73. The molecule has 2 heterocycles.